The maximum Gasteiger partial charge on any atom is 0.0503 e. The summed E-state index contributed by atoms with van der Waals surface area (Å²) >= 11 is 0. The van der Waals surface area contributed by atoms with Gasteiger partial charge in [-0.15, -0.1) is 0 Å². The van der Waals surface area contributed by atoms with Gasteiger partial charge in [-0.3, -0.25) is 0 Å². The van der Waals surface area contributed by atoms with Gasteiger partial charge < -0.3 is 9.13 Å². The minimum atomic E-state index is 0.900. The highest BCUT2D eigenvalue weighted by atomic mass is 15.0. The van der Waals surface area contributed by atoms with Crippen molar-refractivity contribution in [3.63, 3.8) is 0 Å². The fourth-order valence-electron chi connectivity index (χ4n) is 3.74. The molecule has 2 heterocycles. The molecule has 0 bridgehead atoms. The van der Waals surface area contributed by atoms with Crippen molar-refractivity contribution >= 4 is 0 Å². The number of rotatable bonds is 5. The molecule has 0 saturated heterocycles. The summed E-state index contributed by atoms with van der Waals surface area (Å²) in [5.74, 6) is 0. The minimum Gasteiger partial charge on any atom is -0.346 e. The van der Waals surface area contributed by atoms with E-state index < -0.39 is 0 Å². The molecule has 0 aliphatic heterocycles. The Kier molecular flexibility index (Phi) is 4.72. The molecule has 0 unspecified atom stereocenters. The van der Waals surface area contributed by atoms with Gasteiger partial charge in [0.25, 0.3) is 0 Å². The molecule has 0 amide bonds. The highest BCUT2D eigenvalue weighted by Gasteiger charge is 2.15. The molecule has 0 saturated carbocycles. The smallest absolute Gasteiger partial charge is 0.0503 e. The Morgan fingerprint density at radius 3 is 1.89 bits per heavy atom. The molecule has 2 nitrogen and oxygen atoms in total. The van der Waals surface area contributed by atoms with Crippen molar-refractivity contribution in [2.75, 3.05) is 0 Å². The van der Waals surface area contributed by atoms with Crippen LogP contribution in [-0.4, -0.2) is 9.13 Å². The molecule has 27 heavy (non-hydrogen) atoms. The van der Waals surface area contributed by atoms with Crippen LogP contribution < -0.4 is 0 Å². The lowest BCUT2D eigenvalue weighted by Gasteiger charge is -2.12. The number of aryl methyl sites for hydroxylation is 1. The lowest BCUT2D eigenvalue weighted by atomic mass is 10.1. The van der Waals surface area contributed by atoms with E-state index in [1.54, 1.807) is 0 Å². The van der Waals surface area contributed by atoms with Gasteiger partial charge >= 0.3 is 0 Å². The first-order valence-corrected chi connectivity index (χ1v) is 9.54. The topological polar surface area (TPSA) is 9.86 Å². The zero-order chi connectivity index (χ0) is 18.8. The van der Waals surface area contributed by atoms with Gasteiger partial charge in [0.2, 0.25) is 0 Å². The van der Waals surface area contributed by atoms with E-state index in [0.29, 0.717) is 0 Å². The van der Waals surface area contributed by atoms with Crippen LogP contribution in [0, 0.1) is 20.8 Å². The number of hydrogen-bond acceptors (Lipinski definition) is 0. The first-order valence-electron chi connectivity index (χ1n) is 9.54. The summed E-state index contributed by atoms with van der Waals surface area (Å²) in [6.07, 6.45) is 2.31. The van der Waals surface area contributed by atoms with Gasteiger partial charge in [-0.1, -0.05) is 60.7 Å². The Bertz CT molecular complexity index is 1040. The van der Waals surface area contributed by atoms with Crippen molar-refractivity contribution < 1.29 is 0 Å². The van der Waals surface area contributed by atoms with Crippen molar-refractivity contribution in [1.82, 2.24) is 9.13 Å². The molecule has 2 aromatic carbocycles. The van der Waals surface area contributed by atoms with Gasteiger partial charge in [-0.2, -0.15) is 0 Å². The Balaban J connectivity index is 1.71. The van der Waals surface area contributed by atoms with Gasteiger partial charge in [0.1, 0.15) is 0 Å². The summed E-state index contributed by atoms with van der Waals surface area (Å²) in [7, 11) is 0. The third-order valence-electron chi connectivity index (χ3n) is 5.52. The normalized spacial score (nSPS) is 11.1. The molecule has 136 valence electrons. The van der Waals surface area contributed by atoms with E-state index in [4.69, 9.17) is 0 Å². The predicted molar refractivity (Wildman–Crippen MR) is 113 cm³/mol. The van der Waals surface area contributed by atoms with Crippen LogP contribution in [0.3, 0.4) is 0 Å². The van der Waals surface area contributed by atoms with Crippen molar-refractivity contribution in [2.24, 2.45) is 0 Å². The third-order valence-corrected chi connectivity index (χ3v) is 5.52. The SMILES string of the molecule is Cc1c(-c2ccc(C)n2Cc2ccccc2)cn(Cc2ccccc2)c1C. The third kappa shape index (κ3) is 3.48. The summed E-state index contributed by atoms with van der Waals surface area (Å²) < 4.78 is 4.79. The lowest BCUT2D eigenvalue weighted by molar-refractivity contribution is 0.770. The summed E-state index contributed by atoms with van der Waals surface area (Å²) in [6.45, 7) is 8.46. The average molecular weight is 354 g/mol. The highest BCUT2D eigenvalue weighted by molar-refractivity contribution is 5.66. The Hall–Kier alpha value is -3.00. The molecule has 0 radical (unpaired) electrons. The number of nitrogens with zero attached hydrogens (tertiary/aromatic N) is 2. The van der Waals surface area contributed by atoms with E-state index in [2.05, 4.69) is 109 Å². The predicted octanol–water partition coefficient (Wildman–Crippen LogP) is 5.98. The largest absolute Gasteiger partial charge is 0.346 e. The van der Waals surface area contributed by atoms with Crippen LogP contribution in [0.2, 0.25) is 0 Å². The van der Waals surface area contributed by atoms with Crippen LogP contribution >= 0.6 is 0 Å². The van der Waals surface area contributed by atoms with E-state index in [-0.39, 0.29) is 0 Å². The summed E-state index contributed by atoms with van der Waals surface area (Å²) in [5.41, 5.74) is 9.27. The van der Waals surface area contributed by atoms with Crippen LogP contribution in [0.15, 0.2) is 79.0 Å². The second-order valence-electron chi connectivity index (χ2n) is 7.30. The molecule has 0 atom stereocenters. The van der Waals surface area contributed by atoms with E-state index in [1.165, 1.54) is 39.3 Å². The van der Waals surface area contributed by atoms with Crippen LogP contribution in [0.5, 0.6) is 0 Å². The molecule has 0 fully saturated rings. The minimum absolute atomic E-state index is 0.900. The Morgan fingerprint density at radius 2 is 1.26 bits per heavy atom. The highest BCUT2D eigenvalue weighted by Crippen LogP contribution is 2.30. The summed E-state index contributed by atoms with van der Waals surface area (Å²) in [4.78, 5) is 0. The van der Waals surface area contributed by atoms with Crippen molar-refractivity contribution in [2.45, 2.75) is 33.9 Å². The van der Waals surface area contributed by atoms with Crippen molar-refractivity contribution in [3.8, 4) is 11.3 Å². The average Bonchev–Trinajstić information content (AvgIpc) is 3.18. The van der Waals surface area contributed by atoms with Crippen LogP contribution in [0.1, 0.15) is 28.1 Å². The standard InChI is InChI=1S/C25H26N2/c1-19-14-15-25(27(19)17-23-12-8-5-9-13-23)24-18-26(21(3)20(24)2)16-22-10-6-4-7-11-22/h4-15,18H,16-17H2,1-3H3. The molecule has 0 N–H and O–H groups in total. The second-order valence-corrected chi connectivity index (χ2v) is 7.30. The maximum atomic E-state index is 2.42. The van der Waals surface area contributed by atoms with E-state index >= 15 is 0 Å². The van der Waals surface area contributed by atoms with Gasteiger partial charge in [-0.25, -0.2) is 0 Å². The van der Waals surface area contributed by atoms with Crippen LogP contribution in [-0.2, 0) is 13.1 Å². The van der Waals surface area contributed by atoms with Gasteiger partial charge in [0.15, 0.2) is 0 Å². The second kappa shape index (κ2) is 7.32. The molecule has 0 aliphatic carbocycles. The van der Waals surface area contributed by atoms with E-state index in [9.17, 15) is 0 Å². The fourth-order valence-corrected chi connectivity index (χ4v) is 3.74. The molecular weight excluding hydrogens is 328 g/mol. The number of hydrogen-bond donors (Lipinski definition) is 0. The lowest BCUT2D eigenvalue weighted by Crippen LogP contribution is -2.03. The van der Waals surface area contributed by atoms with Gasteiger partial charge in [0.05, 0.1) is 5.69 Å². The first-order chi connectivity index (χ1) is 13.1. The maximum absolute atomic E-state index is 2.42. The van der Waals surface area contributed by atoms with Crippen molar-refractivity contribution in [3.05, 3.63) is 107 Å². The zero-order valence-corrected chi connectivity index (χ0v) is 16.3. The number of benzene rings is 2. The van der Waals surface area contributed by atoms with Gasteiger partial charge in [-0.05, 0) is 49.6 Å². The molecule has 4 rings (SSSR count). The van der Waals surface area contributed by atoms with Crippen LogP contribution in [0.25, 0.3) is 11.3 Å². The monoisotopic (exact) mass is 354 g/mol. The molecule has 0 aliphatic rings. The molecule has 2 aromatic heterocycles. The van der Waals surface area contributed by atoms with E-state index in [1.807, 2.05) is 0 Å². The molecule has 0 spiro atoms. The summed E-state index contributed by atoms with van der Waals surface area (Å²) in [5, 5.41) is 0. The van der Waals surface area contributed by atoms with E-state index in [0.717, 1.165) is 13.1 Å². The first kappa shape index (κ1) is 17.4. The quantitative estimate of drug-likeness (QED) is 0.417. The number of aromatic nitrogens is 2. The summed E-state index contributed by atoms with van der Waals surface area (Å²) in [6, 6.07) is 25.8. The molecule has 4 aromatic rings. The van der Waals surface area contributed by atoms with Crippen LogP contribution in [0.4, 0.5) is 0 Å². The Labute approximate surface area is 161 Å². The fraction of sp³-hybridized carbons (Fsp3) is 0.200. The molecular formula is C25H26N2. The van der Waals surface area contributed by atoms with Gasteiger partial charge in [0, 0.05) is 36.2 Å². The zero-order valence-electron chi connectivity index (χ0n) is 16.3. The molecule has 2 heteroatoms. The van der Waals surface area contributed by atoms with Crippen molar-refractivity contribution in [1.29, 1.82) is 0 Å². The Morgan fingerprint density at radius 1 is 0.667 bits per heavy atom.